The molecule has 0 bridgehead atoms. The fraction of sp³-hybridized carbons (Fsp3) is 0.750. The van der Waals surface area contributed by atoms with E-state index in [1.165, 1.54) is 14.2 Å². The highest BCUT2D eigenvalue weighted by Crippen LogP contribution is 2.01. The Morgan fingerprint density at radius 1 is 1.55 bits per heavy atom. The summed E-state index contributed by atoms with van der Waals surface area (Å²) in [6.45, 7) is -0.317. The highest BCUT2D eigenvalue weighted by molar-refractivity contribution is 6.53. The first-order valence-corrected chi connectivity index (χ1v) is 4.49. The van der Waals surface area contributed by atoms with Gasteiger partial charge in [-0.3, -0.25) is 4.79 Å². The van der Waals surface area contributed by atoms with Crippen molar-refractivity contribution < 1.29 is 22.9 Å². The summed E-state index contributed by atoms with van der Waals surface area (Å²) in [7, 11) is -1.35. The molecule has 0 saturated carbocycles. The topological polar surface area (TPSA) is 91.0 Å². The first kappa shape index (κ1) is 10.5. The van der Waals surface area contributed by atoms with Crippen LogP contribution >= 0.6 is 0 Å². The van der Waals surface area contributed by atoms with Crippen LogP contribution in [0.1, 0.15) is 0 Å². The molecule has 0 atom stereocenters. The molecule has 0 spiro atoms. The average molecular weight is 181 g/mol. The SMILES string of the molecule is CO[Si](O)(OC)OC(=O)CN. The van der Waals surface area contributed by atoms with Gasteiger partial charge in [0.1, 0.15) is 0 Å². The highest BCUT2D eigenvalue weighted by Gasteiger charge is 2.43. The molecule has 0 amide bonds. The van der Waals surface area contributed by atoms with Crippen LogP contribution < -0.4 is 5.73 Å². The van der Waals surface area contributed by atoms with Gasteiger partial charge in [-0.2, -0.15) is 0 Å². The number of carbonyl (C=O) groups excluding carboxylic acids is 1. The summed E-state index contributed by atoms with van der Waals surface area (Å²) in [4.78, 5) is 19.6. The molecule has 11 heavy (non-hydrogen) atoms. The van der Waals surface area contributed by atoms with Crippen LogP contribution in [0.5, 0.6) is 0 Å². The Balaban J connectivity index is 3.96. The third kappa shape index (κ3) is 3.44. The molecule has 3 N–H and O–H groups in total. The van der Waals surface area contributed by atoms with Crippen LogP contribution in [-0.4, -0.2) is 40.6 Å². The maximum absolute atomic E-state index is 10.5. The number of hydrogen-bond acceptors (Lipinski definition) is 6. The number of rotatable bonds is 4. The van der Waals surface area contributed by atoms with Crippen molar-refractivity contribution in [3.05, 3.63) is 0 Å². The van der Waals surface area contributed by atoms with Crippen LogP contribution in [-0.2, 0) is 18.1 Å². The van der Waals surface area contributed by atoms with Crippen molar-refractivity contribution in [3.63, 3.8) is 0 Å². The zero-order chi connectivity index (χ0) is 8.91. The van der Waals surface area contributed by atoms with Gasteiger partial charge in [-0.15, -0.1) is 0 Å². The summed E-state index contributed by atoms with van der Waals surface area (Å²) in [5, 5.41) is 0. The third-order valence-corrected chi connectivity index (χ3v) is 2.44. The second-order valence-corrected chi connectivity index (χ2v) is 3.68. The van der Waals surface area contributed by atoms with Gasteiger partial charge >= 0.3 is 15.0 Å². The van der Waals surface area contributed by atoms with Crippen molar-refractivity contribution >= 4 is 15.0 Å². The molecule has 0 unspecified atom stereocenters. The smallest absolute Gasteiger partial charge is 0.451 e. The predicted molar refractivity (Wildman–Crippen MR) is 37.1 cm³/mol. The minimum Gasteiger partial charge on any atom is -0.451 e. The lowest BCUT2D eigenvalue weighted by molar-refractivity contribution is -0.140. The molecule has 66 valence electrons. The Kier molecular flexibility index (Phi) is 4.22. The molecule has 0 rings (SSSR count). The second kappa shape index (κ2) is 4.41. The van der Waals surface area contributed by atoms with Gasteiger partial charge in [0.05, 0.1) is 6.54 Å². The molecular weight excluding hydrogens is 170 g/mol. The molecular formula is C4H11NO5Si. The largest absolute Gasteiger partial charge is 0.748 e. The average Bonchev–Trinajstić information content (AvgIpc) is 2.04. The van der Waals surface area contributed by atoms with Crippen molar-refractivity contribution in [2.45, 2.75) is 0 Å². The van der Waals surface area contributed by atoms with Crippen molar-refractivity contribution in [2.24, 2.45) is 5.73 Å². The molecule has 7 heteroatoms. The molecule has 0 aliphatic heterocycles. The summed E-state index contributed by atoms with van der Waals surface area (Å²) < 4.78 is 13.2. The van der Waals surface area contributed by atoms with E-state index >= 15 is 0 Å². The van der Waals surface area contributed by atoms with E-state index in [2.05, 4.69) is 13.3 Å². The van der Waals surface area contributed by atoms with Crippen molar-refractivity contribution in [1.29, 1.82) is 0 Å². The zero-order valence-electron chi connectivity index (χ0n) is 6.36. The molecule has 0 fully saturated rings. The normalized spacial score (nSPS) is 11.3. The van der Waals surface area contributed by atoms with Crippen LogP contribution in [0.2, 0.25) is 0 Å². The third-order valence-electron chi connectivity index (χ3n) is 0.925. The minimum atomic E-state index is -3.71. The molecule has 0 aliphatic rings. The molecule has 0 heterocycles. The first-order chi connectivity index (χ1) is 5.08. The van der Waals surface area contributed by atoms with E-state index in [4.69, 9.17) is 10.5 Å². The van der Waals surface area contributed by atoms with Gasteiger partial charge in [0, 0.05) is 14.2 Å². The monoisotopic (exact) mass is 181 g/mol. The van der Waals surface area contributed by atoms with Crippen molar-refractivity contribution in [2.75, 3.05) is 20.8 Å². The number of carbonyl (C=O) groups is 1. The fourth-order valence-corrected chi connectivity index (χ4v) is 1.06. The fourth-order valence-electron chi connectivity index (χ4n) is 0.352. The van der Waals surface area contributed by atoms with E-state index in [1.807, 2.05) is 0 Å². The summed E-state index contributed by atoms with van der Waals surface area (Å²) in [6, 6.07) is 0. The van der Waals surface area contributed by atoms with Gasteiger partial charge < -0.3 is 23.8 Å². The first-order valence-electron chi connectivity index (χ1n) is 2.82. The van der Waals surface area contributed by atoms with Crippen molar-refractivity contribution in [3.8, 4) is 0 Å². The number of nitrogens with two attached hydrogens (primary N) is 1. The van der Waals surface area contributed by atoms with Gasteiger partial charge in [-0.05, 0) is 0 Å². The van der Waals surface area contributed by atoms with Gasteiger partial charge in [-0.25, -0.2) is 0 Å². The van der Waals surface area contributed by atoms with E-state index in [1.54, 1.807) is 0 Å². The minimum absolute atomic E-state index is 0.317. The maximum atomic E-state index is 10.5. The van der Waals surface area contributed by atoms with E-state index in [-0.39, 0.29) is 6.54 Å². The molecule has 0 aromatic rings. The Labute approximate surface area is 65.3 Å². The van der Waals surface area contributed by atoms with Gasteiger partial charge in [-0.1, -0.05) is 0 Å². The highest BCUT2D eigenvalue weighted by atomic mass is 28.4. The summed E-state index contributed by atoms with van der Waals surface area (Å²) in [5.41, 5.74) is 4.91. The Morgan fingerprint density at radius 3 is 2.27 bits per heavy atom. The summed E-state index contributed by atoms with van der Waals surface area (Å²) >= 11 is 0. The lowest BCUT2D eigenvalue weighted by Gasteiger charge is -2.17. The van der Waals surface area contributed by atoms with Gasteiger partial charge in [0.25, 0.3) is 0 Å². The maximum Gasteiger partial charge on any atom is 0.748 e. The molecule has 0 radical (unpaired) electrons. The second-order valence-electron chi connectivity index (χ2n) is 1.61. The Bertz CT molecular complexity index is 136. The van der Waals surface area contributed by atoms with Gasteiger partial charge in [0.2, 0.25) is 0 Å². The number of hydrogen-bond donors (Lipinski definition) is 2. The van der Waals surface area contributed by atoms with Crippen LogP contribution in [0.25, 0.3) is 0 Å². The zero-order valence-corrected chi connectivity index (χ0v) is 7.36. The van der Waals surface area contributed by atoms with E-state index in [0.717, 1.165) is 0 Å². The molecule has 0 aromatic carbocycles. The lowest BCUT2D eigenvalue weighted by atomic mass is 10.7. The van der Waals surface area contributed by atoms with Crippen LogP contribution in [0.4, 0.5) is 0 Å². The standard InChI is InChI=1S/C4H11NO5Si/c1-8-11(7,9-2)10-4(6)3-5/h7H,3,5H2,1-2H3. The van der Waals surface area contributed by atoms with E-state index in [0.29, 0.717) is 0 Å². The van der Waals surface area contributed by atoms with Crippen molar-refractivity contribution in [1.82, 2.24) is 0 Å². The van der Waals surface area contributed by atoms with Crippen LogP contribution in [0.3, 0.4) is 0 Å². The van der Waals surface area contributed by atoms with Crippen LogP contribution in [0, 0.1) is 0 Å². The lowest BCUT2D eigenvalue weighted by Crippen LogP contribution is -2.47. The van der Waals surface area contributed by atoms with Crippen LogP contribution in [0.15, 0.2) is 0 Å². The van der Waals surface area contributed by atoms with Gasteiger partial charge in [0.15, 0.2) is 0 Å². The predicted octanol–water partition coefficient (Wildman–Crippen LogP) is -1.79. The van der Waals surface area contributed by atoms with E-state index in [9.17, 15) is 4.79 Å². The summed E-state index contributed by atoms with van der Waals surface area (Å²) in [5.74, 6) is -0.761. The molecule has 6 nitrogen and oxygen atoms in total. The quantitative estimate of drug-likeness (QED) is 0.498. The molecule has 0 aromatic heterocycles. The molecule has 0 saturated heterocycles. The summed E-state index contributed by atoms with van der Waals surface area (Å²) in [6.07, 6.45) is 0. The molecule has 0 aliphatic carbocycles. The van der Waals surface area contributed by atoms with E-state index < -0.39 is 15.0 Å². The Morgan fingerprint density at radius 2 is 2.00 bits per heavy atom. The Hall–Kier alpha value is -0.473.